The Morgan fingerprint density at radius 1 is 0.206 bits per heavy atom. The van der Waals surface area contributed by atoms with Crippen LogP contribution in [0.3, 0.4) is 0 Å². The van der Waals surface area contributed by atoms with Crippen LogP contribution in [0.15, 0.2) is 255 Å². The lowest BCUT2D eigenvalue weighted by Crippen LogP contribution is -2.00. The van der Waals surface area contributed by atoms with E-state index in [1.807, 2.05) is 0 Å². The molecule has 4 heteroatoms. The summed E-state index contributed by atoms with van der Waals surface area (Å²) in [5.41, 5.74) is 17.8. The highest BCUT2D eigenvalue weighted by Crippen LogP contribution is 2.39. The van der Waals surface area contributed by atoms with Gasteiger partial charge >= 0.3 is 0 Å². The number of rotatable bonds is 8. The first kappa shape index (κ1) is 39.3. The molecule has 0 radical (unpaired) electrons. The summed E-state index contributed by atoms with van der Waals surface area (Å²) in [6.45, 7) is 0. The summed E-state index contributed by atoms with van der Waals surface area (Å²) in [6, 6.07) is 91.0. The Morgan fingerprint density at radius 2 is 0.515 bits per heavy atom. The Labute approximate surface area is 394 Å². The number of nitrogens with zero attached hydrogens (tertiary/aromatic N) is 4. The summed E-state index contributed by atoms with van der Waals surface area (Å²) in [5, 5.41) is 4.77. The highest BCUT2D eigenvalue weighted by Gasteiger charge is 2.19. The first-order valence-corrected chi connectivity index (χ1v) is 23.1. The topological polar surface area (TPSA) is 35.6 Å². The van der Waals surface area contributed by atoms with Crippen LogP contribution in [0, 0.1) is 0 Å². The van der Waals surface area contributed by atoms with E-state index >= 15 is 0 Å². The molecule has 0 saturated carbocycles. The average Bonchev–Trinajstić information content (AvgIpc) is 3.94. The van der Waals surface area contributed by atoms with E-state index in [9.17, 15) is 0 Å². The van der Waals surface area contributed by atoms with Crippen LogP contribution in [0.25, 0.3) is 122 Å². The molecule has 0 fully saturated rings. The van der Waals surface area contributed by atoms with Gasteiger partial charge in [-0.25, -0.2) is 9.97 Å². The number of hydrogen-bond donors (Lipinski definition) is 0. The van der Waals surface area contributed by atoms with Crippen molar-refractivity contribution in [2.45, 2.75) is 0 Å². The first-order valence-electron chi connectivity index (χ1n) is 23.1. The van der Waals surface area contributed by atoms with E-state index in [2.05, 4.69) is 264 Å². The molecule has 0 saturated heterocycles. The zero-order chi connectivity index (χ0) is 45.0. The van der Waals surface area contributed by atoms with Crippen LogP contribution in [0.1, 0.15) is 0 Å². The minimum absolute atomic E-state index is 0.891. The third kappa shape index (κ3) is 6.86. The van der Waals surface area contributed by atoms with Gasteiger partial charge in [-0.1, -0.05) is 194 Å². The van der Waals surface area contributed by atoms with Crippen LogP contribution in [-0.2, 0) is 0 Å². The highest BCUT2D eigenvalue weighted by atomic mass is 15.1. The van der Waals surface area contributed by atoms with Gasteiger partial charge in [0.15, 0.2) is 0 Å². The largest absolute Gasteiger partial charge is 0.294 e. The van der Waals surface area contributed by atoms with E-state index in [0.29, 0.717) is 0 Å². The van der Waals surface area contributed by atoms with Crippen LogP contribution in [0.4, 0.5) is 0 Å². The fourth-order valence-electron chi connectivity index (χ4n) is 10.0. The van der Waals surface area contributed by atoms with Crippen molar-refractivity contribution in [2.24, 2.45) is 0 Å². The number of fused-ring (bicyclic) bond motifs is 6. The minimum atomic E-state index is 0.891. The lowest BCUT2D eigenvalue weighted by Gasteiger charge is -2.13. The third-order valence-corrected chi connectivity index (χ3v) is 13.3. The summed E-state index contributed by atoms with van der Waals surface area (Å²) < 4.78 is 4.64. The van der Waals surface area contributed by atoms with Crippen molar-refractivity contribution < 1.29 is 0 Å². The molecule has 318 valence electrons. The van der Waals surface area contributed by atoms with Gasteiger partial charge < -0.3 is 0 Å². The number of benzene rings is 9. The molecule has 0 aliphatic carbocycles. The standard InChI is InChI=1S/C64H42N4/c1-5-17-43(18-6-1)51-39-57(47-21-9-3-10-22-47)65-63(41-51)67-59-27-15-13-25-53(59)55-37-49(33-35-61(55)67)45-29-31-46(32-30-45)50-34-36-62-56(38-50)54-26-14-16-28-60(54)68(62)64-42-52(44-19-7-2-8-20-44)40-58(66-64)48-23-11-4-12-24-48/h1-42H. The molecule has 4 heterocycles. The summed E-state index contributed by atoms with van der Waals surface area (Å²) in [4.78, 5) is 10.7. The zero-order valence-corrected chi connectivity index (χ0v) is 37.0. The predicted molar refractivity (Wildman–Crippen MR) is 283 cm³/mol. The second-order valence-corrected chi connectivity index (χ2v) is 17.4. The second-order valence-electron chi connectivity index (χ2n) is 17.4. The van der Waals surface area contributed by atoms with E-state index in [-0.39, 0.29) is 0 Å². The normalized spacial score (nSPS) is 11.5. The molecule has 4 nitrogen and oxygen atoms in total. The van der Waals surface area contributed by atoms with Crippen LogP contribution in [-0.4, -0.2) is 19.1 Å². The lowest BCUT2D eigenvalue weighted by molar-refractivity contribution is 1.08. The van der Waals surface area contributed by atoms with Crippen LogP contribution >= 0.6 is 0 Å². The van der Waals surface area contributed by atoms with Crippen molar-refractivity contribution in [3.8, 4) is 78.7 Å². The maximum absolute atomic E-state index is 5.33. The van der Waals surface area contributed by atoms with Crippen molar-refractivity contribution in [1.82, 2.24) is 19.1 Å². The Bertz CT molecular complexity index is 3610. The first-order chi connectivity index (χ1) is 33.7. The minimum Gasteiger partial charge on any atom is -0.294 e. The Balaban J connectivity index is 0.884. The van der Waals surface area contributed by atoms with Gasteiger partial charge in [0.1, 0.15) is 11.6 Å². The van der Waals surface area contributed by atoms with Crippen molar-refractivity contribution in [3.63, 3.8) is 0 Å². The quantitative estimate of drug-likeness (QED) is 0.153. The number of aromatic nitrogens is 4. The Hall–Kier alpha value is -9.12. The molecule has 0 bridgehead atoms. The highest BCUT2D eigenvalue weighted by molar-refractivity contribution is 6.11. The smallest absolute Gasteiger partial charge is 0.138 e. The molecule has 13 aromatic rings. The molecule has 0 atom stereocenters. The van der Waals surface area contributed by atoms with Gasteiger partial charge in [0.2, 0.25) is 0 Å². The van der Waals surface area contributed by atoms with Crippen molar-refractivity contribution in [2.75, 3.05) is 0 Å². The van der Waals surface area contributed by atoms with Gasteiger partial charge in [-0.2, -0.15) is 0 Å². The van der Waals surface area contributed by atoms with Crippen molar-refractivity contribution >= 4 is 43.6 Å². The molecule has 0 N–H and O–H groups in total. The van der Waals surface area contributed by atoms with Crippen molar-refractivity contribution in [1.29, 1.82) is 0 Å². The number of hydrogen-bond acceptors (Lipinski definition) is 2. The molecule has 68 heavy (non-hydrogen) atoms. The van der Waals surface area contributed by atoms with Crippen LogP contribution < -0.4 is 0 Å². The molecule has 9 aromatic carbocycles. The maximum Gasteiger partial charge on any atom is 0.138 e. The van der Waals surface area contributed by atoms with Gasteiger partial charge in [-0.3, -0.25) is 9.13 Å². The Morgan fingerprint density at radius 3 is 0.912 bits per heavy atom. The fraction of sp³-hybridized carbons (Fsp3) is 0. The molecule has 0 aliphatic heterocycles. The van der Waals surface area contributed by atoms with E-state index in [0.717, 1.165) is 78.5 Å². The SMILES string of the molecule is c1ccc(-c2cc(-c3ccccc3)nc(-n3c4ccccc4c4cc(-c5ccc(-c6ccc7c(c6)c6ccccc6n7-c6cc(-c7ccccc7)cc(-c7ccccc7)n6)cc5)ccc43)c2)cc1. The molecule has 13 rings (SSSR count). The molecular weight excluding hydrogens is 825 g/mol. The number of para-hydroxylation sites is 2. The van der Waals surface area contributed by atoms with E-state index in [1.54, 1.807) is 0 Å². The van der Waals surface area contributed by atoms with Gasteiger partial charge in [-0.15, -0.1) is 0 Å². The predicted octanol–water partition coefficient (Wildman–Crippen LogP) is 16.7. The van der Waals surface area contributed by atoms with Gasteiger partial charge in [0.05, 0.1) is 33.5 Å². The van der Waals surface area contributed by atoms with Crippen molar-refractivity contribution in [3.05, 3.63) is 255 Å². The third-order valence-electron chi connectivity index (χ3n) is 13.3. The van der Waals surface area contributed by atoms with Crippen LogP contribution in [0.5, 0.6) is 0 Å². The maximum atomic E-state index is 5.33. The van der Waals surface area contributed by atoms with Gasteiger partial charge in [0, 0.05) is 32.7 Å². The zero-order valence-electron chi connectivity index (χ0n) is 37.0. The molecule has 0 amide bonds. The van der Waals surface area contributed by atoms with E-state index in [1.165, 1.54) is 43.8 Å². The van der Waals surface area contributed by atoms with Gasteiger partial charge in [0.25, 0.3) is 0 Å². The number of pyridine rings is 2. The molecular formula is C64H42N4. The summed E-state index contributed by atoms with van der Waals surface area (Å²) >= 11 is 0. The fourth-order valence-corrected chi connectivity index (χ4v) is 10.0. The van der Waals surface area contributed by atoms with Crippen LogP contribution in [0.2, 0.25) is 0 Å². The average molecular weight is 867 g/mol. The lowest BCUT2D eigenvalue weighted by atomic mass is 9.98. The Kier molecular flexibility index (Phi) is 9.47. The monoisotopic (exact) mass is 866 g/mol. The molecule has 4 aromatic heterocycles. The molecule has 0 unspecified atom stereocenters. The second kappa shape index (κ2) is 16.4. The molecule has 0 spiro atoms. The summed E-state index contributed by atoms with van der Waals surface area (Å²) in [7, 11) is 0. The van der Waals surface area contributed by atoms with E-state index in [4.69, 9.17) is 9.97 Å². The molecule has 0 aliphatic rings. The van der Waals surface area contributed by atoms with E-state index < -0.39 is 0 Å². The van der Waals surface area contributed by atoms with Gasteiger partial charge in [-0.05, 0) is 105 Å². The summed E-state index contributed by atoms with van der Waals surface area (Å²) in [6.07, 6.45) is 0. The summed E-state index contributed by atoms with van der Waals surface area (Å²) in [5.74, 6) is 1.78.